The van der Waals surface area contributed by atoms with E-state index in [1.165, 1.54) is 0 Å². The molecule has 1 rings (SSSR count). The molecule has 0 radical (unpaired) electrons. The van der Waals surface area contributed by atoms with E-state index >= 15 is 0 Å². The second kappa shape index (κ2) is 8.12. The molecule has 2 atom stereocenters. The number of nitrogens with one attached hydrogen (secondary N) is 2. The first-order valence-corrected chi connectivity index (χ1v) is 7.08. The van der Waals surface area contributed by atoms with Crippen molar-refractivity contribution < 1.29 is 9.59 Å². The number of likely N-dealkylation sites (tertiary alicyclic amines) is 1. The average molecular weight is 270 g/mol. The summed E-state index contributed by atoms with van der Waals surface area (Å²) in [5.74, 6) is 0.391. The highest BCUT2D eigenvalue weighted by molar-refractivity contribution is 5.95. The molecular weight excluding hydrogens is 244 g/mol. The minimum Gasteiger partial charge on any atom is -0.338 e. The lowest BCUT2D eigenvalue weighted by atomic mass is 9.92. The molecule has 6 heteroatoms. The van der Waals surface area contributed by atoms with Crippen LogP contribution in [0.3, 0.4) is 0 Å². The Balaban J connectivity index is 2.36. The predicted octanol–water partition coefficient (Wildman–Crippen LogP) is 0.281. The van der Waals surface area contributed by atoms with E-state index in [1.807, 2.05) is 6.92 Å². The highest BCUT2D eigenvalue weighted by Crippen LogP contribution is 2.21. The zero-order valence-corrected chi connectivity index (χ0v) is 11.9. The van der Waals surface area contributed by atoms with Crippen molar-refractivity contribution >= 4 is 11.9 Å². The molecule has 110 valence electrons. The van der Waals surface area contributed by atoms with Crippen molar-refractivity contribution in [3.63, 3.8) is 0 Å². The summed E-state index contributed by atoms with van der Waals surface area (Å²) in [7, 11) is 0. The lowest BCUT2D eigenvalue weighted by Crippen LogP contribution is -2.51. The number of carbonyl (C=O) groups excluding carboxylic acids is 2. The number of hydrogen-bond donors (Lipinski definition) is 3. The van der Waals surface area contributed by atoms with Crippen LogP contribution in [0, 0.1) is 5.92 Å². The Morgan fingerprint density at radius 3 is 2.79 bits per heavy atom. The van der Waals surface area contributed by atoms with E-state index in [4.69, 9.17) is 5.73 Å². The molecule has 1 heterocycles. The van der Waals surface area contributed by atoms with Gasteiger partial charge in [-0.25, -0.2) is 4.79 Å². The quantitative estimate of drug-likeness (QED) is 0.669. The Morgan fingerprint density at radius 2 is 2.16 bits per heavy atom. The van der Waals surface area contributed by atoms with Crippen molar-refractivity contribution in [1.82, 2.24) is 15.5 Å². The Labute approximate surface area is 115 Å². The summed E-state index contributed by atoms with van der Waals surface area (Å²) in [6, 6.07) is -0.172. The largest absolute Gasteiger partial charge is 0.338 e. The van der Waals surface area contributed by atoms with E-state index in [1.54, 1.807) is 0 Å². The number of urea groups is 1. The third kappa shape index (κ3) is 5.57. The van der Waals surface area contributed by atoms with Gasteiger partial charge in [0.1, 0.15) is 0 Å². The molecule has 3 amide bonds. The van der Waals surface area contributed by atoms with E-state index in [-0.39, 0.29) is 18.5 Å². The molecule has 19 heavy (non-hydrogen) atoms. The van der Waals surface area contributed by atoms with Crippen LogP contribution < -0.4 is 16.4 Å². The summed E-state index contributed by atoms with van der Waals surface area (Å²) in [4.78, 5) is 25.2. The highest BCUT2D eigenvalue weighted by Gasteiger charge is 2.26. The van der Waals surface area contributed by atoms with Gasteiger partial charge in [-0.2, -0.15) is 0 Å². The first-order valence-electron chi connectivity index (χ1n) is 7.08. The molecule has 0 aromatic carbocycles. The molecule has 0 spiro atoms. The van der Waals surface area contributed by atoms with Gasteiger partial charge in [0.15, 0.2) is 0 Å². The van der Waals surface area contributed by atoms with Crippen molar-refractivity contribution in [1.29, 1.82) is 0 Å². The number of piperidine rings is 1. The molecule has 1 aliphatic rings. The van der Waals surface area contributed by atoms with E-state index in [0.717, 1.165) is 25.8 Å². The van der Waals surface area contributed by atoms with Crippen LogP contribution in [0.5, 0.6) is 0 Å². The maximum atomic E-state index is 11.8. The van der Waals surface area contributed by atoms with Gasteiger partial charge in [-0.1, -0.05) is 13.8 Å². The van der Waals surface area contributed by atoms with Gasteiger partial charge >= 0.3 is 6.03 Å². The number of nitrogens with two attached hydrogens (primary N) is 1. The second-order valence-corrected chi connectivity index (χ2v) is 5.29. The van der Waals surface area contributed by atoms with Crippen LogP contribution in [0.4, 0.5) is 4.79 Å². The van der Waals surface area contributed by atoms with Gasteiger partial charge in [0.25, 0.3) is 0 Å². The summed E-state index contributed by atoms with van der Waals surface area (Å²) in [6.07, 6.45) is 2.94. The van der Waals surface area contributed by atoms with Crippen molar-refractivity contribution in [2.75, 3.05) is 26.2 Å². The van der Waals surface area contributed by atoms with Crippen LogP contribution >= 0.6 is 0 Å². The van der Waals surface area contributed by atoms with Crippen LogP contribution in [-0.2, 0) is 4.79 Å². The molecule has 0 aromatic heterocycles. The zero-order valence-electron chi connectivity index (χ0n) is 11.9. The molecule has 0 bridgehead atoms. The van der Waals surface area contributed by atoms with Crippen LogP contribution in [0.15, 0.2) is 0 Å². The van der Waals surface area contributed by atoms with Gasteiger partial charge in [0.05, 0.1) is 6.54 Å². The second-order valence-electron chi connectivity index (χ2n) is 5.29. The number of nitrogens with zero attached hydrogens (tertiary/aromatic N) is 1. The predicted molar refractivity (Wildman–Crippen MR) is 74.6 cm³/mol. The molecular formula is C13H26N4O2. The summed E-state index contributed by atoms with van der Waals surface area (Å²) >= 11 is 0. The molecule has 1 aliphatic heterocycles. The monoisotopic (exact) mass is 270 g/mol. The number of hydrogen-bond acceptors (Lipinski definition) is 4. The number of carbonyl (C=O) groups is 2. The van der Waals surface area contributed by atoms with E-state index in [9.17, 15) is 9.59 Å². The minimum atomic E-state index is -0.415. The molecule has 0 aromatic rings. The van der Waals surface area contributed by atoms with Gasteiger partial charge in [-0.3, -0.25) is 15.0 Å². The standard InChI is InChI=1S/C13H26N4O2/c1-3-5-15-13(19)16-12(18)9-17-6-4-10(2)7-11(17)8-14/h10-11H,3-9,14H2,1-2H3,(H2,15,16,18,19). The van der Waals surface area contributed by atoms with Crippen molar-refractivity contribution in [2.24, 2.45) is 11.7 Å². The Kier molecular flexibility index (Phi) is 6.80. The van der Waals surface area contributed by atoms with Gasteiger partial charge in [-0.15, -0.1) is 0 Å². The van der Waals surface area contributed by atoms with Gasteiger partial charge in [0, 0.05) is 19.1 Å². The van der Waals surface area contributed by atoms with Crippen molar-refractivity contribution in [3.05, 3.63) is 0 Å². The molecule has 0 aliphatic carbocycles. The maximum absolute atomic E-state index is 11.8. The molecule has 0 saturated carbocycles. The first kappa shape index (κ1) is 15.9. The Bertz CT molecular complexity index is 309. The summed E-state index contributed by atoms with van der Waals surface area (Å²) in [5.41, 5.74) is 5.75. The number of amides is 3. The highest BCUT2D eigenvalue weighted by atomic mass is 16.2. The SMILES string of the molecule is CCCNC(=O)NC(=O)CN1CCC(C)CC1CN. The van der Waals surface area contributed by atoms with Crippen molar-refractivity contribution in [2.45, 2.75) is 39.2 Å². The van der Waals surface area contributed by atoms with E-state index in [0.29, 0.717) is 19.0 Å². The number of rotatable bonds is 5. The normalized spacial score (nSPS) is 23.9. The summed E-state index contributed by atoms with van der Waals surface area (Å²) < 4.78 is 0. The summed E-state index contributed by atoms with van der Waals surface area (Å²) in [5, 5.41) is 4.97. The molecule has 4 N–H and O–H groups in total. The van der Waals surface area contributed by atoms with E-state index < -0.39 is 6.03 Å². The fourth-order valence-corrected chi connectivity index (χ4v) is 2.39. The van der Waals surface area contributed by atoms with Crippen LogP contribution in [-0.4, -0.2) is 49.1 Å². The lowest BCUT2D eigenvalue weighted by molar-refractivity contribution is -0.122. The average Bonchev–Trinajstić information content (AvgIpc) is 2.38. The third-order valence-corrected chi connectivity index (χ3v) is 3.51. The fourth-order valence-electron chi connectivity index (χ4n) is 2.39. The smallest absolute Gasteiger partial charge is 0.321 e. The summed E-state index contributed by atoms with van der Waals surface area (Å²) in [6.45, 7) is 6.41. The molecule has 1 fully saturated rings. The lowest BCUT2D eigenvalue weighted by Gasteiger charge is -2.37. The first-order chi connectivity index (χ1) is 9.06. The Hall–Kier alpha value is -1.14. The van der Waals surface area contributed by atoms with Gasteiger partial charge in [-0.05, 0) is 31.7 Å². The van der Waals surface area contributed by atoms with Crippen LogP contribution in [0.25, 0.3) is 0 Å². The number of imide groups is 1. The van der Waals surface area contributed by atoms with Gasteiger partial charge in [0.2, 0.25) is 5.91 Å². The molecule has 2 unspecified atom stereocenters. The van der Waals surface area contributed by atoms with Crippen molar-refractivity contribution in [3.8, 4) is 0 Å². The minimum absolute atomic E-state index is 0.244. The van der Waals surface area contributed by atoms with E-state index in [2.05, 4.69) is 22.5 Å². The topological polar surface area (TPSA) is 87.5 Å². The van der Waals surface area contributed by atoms with Gasteiger partial charge < -0.3 is 11.1 Å². The van der Waals surface area contributed by atoms with Crippen LogP contribution in [0.2, 0.25) is 0 Å². The Morgan fingerprint density at radius 1 is 1.42 bits per heavy atom. The molecule has 6 nitrogen and oxygen atoms in total. The fraction of sp³-hybridized carbons (Fsp3) is 0.846. The maximum Gasteiger partial charge on any atom is 0.321 e. The third-order valence-electron chi connectivity index (χ3n) is 3.51. The molecule has 1 saturated heterocycles. The van der Waals surface area contributed by atoms with Crippen LogP contribution in [0.1, 0.15) is 33.1 Å². The zero-order chi connectivity index (χ0) is 14.3.